The van der Waals surface area contributed by atoms with Gasteiger partial charge in [0.2, 0.25) is 0 Å². The Hall–Kier alpha value is -2.58. The average Bonchev–Trinajstić information content (AvgIpc) is 3.07. The number of hydrogen-bond acceptors (Lipinski definition) is 0. The van der Waals surface area contributed by atoms with Crippen molar-refractivity contribution in [1.29, 1.82) is 0 Å². The summed E-state index contributed by atoms with van der Waals surface area (Å²) in [4.78, 5) is 0. The summed E-state index contributed by atoms with van der Waals surface area (Å²) in [6, 6.07) is 54.2. The Labute approximate surface area is 301 Å². The molecule has 0 radical (unpaired) electrons. The van der Waals surface area contributed by atoms with E-state index in [9.17, 15) is 0 Å². The molecule has 0 aliphatic heterocycles. The number of halogens is 2. The van der Waals surface area contributed by atoms with Crippen LogP contribution in [0, 0.1) is 41.5 Å². The molecule has 244 valence electrons. The summed E-state index contributed by atoms with van der Waals surface area (Å²) in [7, 11) is 7.77. The molecule has 6 rings (SSSR count). The van der Waals surface area contributed by atoms with Crippen molar-refractivity contribution in [2.45, 2.75) is 41.5 Å². The van der Waals surface area contributed by atoms with Crippen LogP contribution in [0.3, 0.4) is 0 Å². The van der Waals surface area contributed by atoms with Gasteiger partial charge in [0.1, 0.15) is 31.8 Å². The molecular formula is C42H44Cl2P2Pd+2. The van der Waals surface area contributed by atoms with Gasteiger partial charge < -0.3 is 0 Å². The summed E-state index contributed by atoms with van der Waals surface area (Å²) in [6.07, 6.45) is 0. The van der Waals surface area contributed by atoms with Crippen molar-refractivity contribution in [2.75, 3.05) is 0 Å². The van der Waals surface area contributed by atoms with Gasteiger partial charge in [-0.1, -0.05) is 106 Å². The quantitative estimate of drug-likeness (QED) is 0.117. The molecule has 6 aromatic carbocycles. The molecule has 0 aromatic heterocycles. The first-order chi connectivity index (χ1) is 22.7. The summed E-state index contributed by atoms with van der Waals surface area (Å²) < 4.78 is 0. The predicted molar refractivity (Wildman–Crippen MR) is 213 cm³/mol. The first-order valence-corrected chi connectivity index (χ1v) is 22.7. The Morgan fingerprint density at radius 1 is 0.277 bits per heavy atom. The van der Waals surface area contributed by atoms with Gasteiger partial charge >= 0.3 is 35.0 Å². The van der Waals surface area contributed by atoms with Crippen LogP contribution in [0.5, 0.6) is 0 Å². The van der Waals surface area contributed by atoms with E-state index >= 15 is 0 Å². The van der Waals surface area contributed by atoms with Crippen molar-refractivity contribution >= 4 is 66.7 Å². The molecule has 0 amide bonds. The van der Waals surface area contributed by atoms with Crippen LogP contribution in [0.25, 0.3) is 0 Å². The SMILES string of the molecule is Cc1ccc([PH+](c2ccc(C)cc2)c2ccc(C)cc2)cc1.Cc1ccc([PH+](c2ccc(C)cc2)c2ccc(C)cc2)cc1.[Cl][Pd][Cl]. The zero-order valence-electron chi connectivity index (χ0n) is 27.9. The van der Waals surface area contributed by atoms with Gasteiger partial charge in [0.25, 0.3) is 0 Å². The second-order valence-corrected chi connectivity index (χ2v) is 19.3. The third-order valence-electron chi connectivity index (χ3n) is 8.04. The van der Waals surface area contributed by atoms with Gasteiger partial charge in [0.05, 0.1) is 15.8 Å². The van der Waals surface area contributed by atoms with E-state index < -0.39 is 15.8 Å². The van der Waals surface area contributed by atoms with E-state index in [1.807, 2.05) is 0 Å². The predicted octanol–water partition coefficient (Wildman–Crippen LogP) is 9.58. The standard InChI is InChI=1S/2C21H21P.2ClH.Pd/c2*1-16-4-10-19(11-5-16)22(20-12-6-17(2)7-13-20)21-14-8-18(3)9-15-21;;;/h2*4-15H,1-3H3;2*1H;/q;;;;+2. The monoisotopic (exact) mass is 786 g/mol. The van der Waals surface area contributed by atoms with Crippen molar-refractivity contribution in [3.63, 3.8) is 0 Å². The molecule has 0 spiro atoms. The van der Waals surface area contributed by atoms with Crippen LogP contribution in [-0.2, 0) is 15.9 Å². The Bertz CT molecular complexity index is 1430. The minimum atomic E-state index is -0.927. The molecule has 0 N–H and O–H groups in total. The molecule has 0 saturated carbocycles. The molecule has 0 unspecified atom stereocenters. The normalized spacial score (nSPS) is 10.7. The molecule has 0 nitrogen and oxygen atoms in total. The van der Waals surface area contributed by atoms with E-state index in [1.165, 1.54) is 65.2 Å². The van der Waals surface area contributed by atoms with Crippen LogP contribution < -0.4 is 31.8 Å². The van der Waals surface area contributed by atoms with Crippen LogP contribution in [0.15, 0.2) is 146 Å². The fourth-order valence-electron chi connectivity index (χ4n) is 5.32. The van der Waals surface area contributed by atoms with Crippen LogP contribution in [0.1, 0.15) is 33.4 Å². The molecule has 5 heteroatoms. The summed E-state index contributed by atoms with van der Waals surface area (Å²) in [5.74, 6) is 0. The van der Waals surface area contributed by atoms with E-state index in [4.69, 9.17) is 19.1 Å². The van der Waals surface area contributed by atoms with E-state index in [0.29, 0.717) is 0 Å². The first kappa shape index (κ1) is 37.2. The Morgan fingerprint density at radius 2 is 0.383 bits per heavy atom. The van der Waals surface area contributed by atoms with Crippen LogP contribution >= 0.6 is 34.9 Å². The van der Waals surface area contributed by atoms with Crippen molar-refractivity contribution in [1.82, 2.24) is 0 Å². The molecule has 0 aliphatic carbocycles. The number of aryl methyl sites for hydroxylation is 6. The van der Waals surface area contributed by atoms with Crippen molar-refractivity contribution in [3.8, 4) is 0 Å². The Kier molecular flexibility index (Phi) is 14.9. The zero-order valence-corrected chi connectivity index (χ0v) is 33.0. The van der Waals surface area contributed by atoms with Gasteiger partial charge in [-0.25, -0.2) is 0 Å². The molecule has 0 bridgehead atoms. The first-order valence-electron chi connectivity index (χ1n) is 15.7. The Balaban J connectivity index is 0.000000197. The molecule has 0 aliphatic rings. The third-order valence-corrected chi connectivity index (χ3v) is 13.5. The molecule has 0 atom stereocenters. The van der Waals surface area contributed by atoms with Crippen molar-refractivity contribution < 1.29 is 15.9 Å². The number of rotatable bonds is 6. The fourth-order valence-corrected chi connectivity index (χ4v) is 10.3. The van der Waals surface area contributed by atoms with Crippen molar-refractivity contribution in [2.24, 2.45) is 0 Å². The van der Waals surface area contributed by atoms with Crippen LogP contribution in [-0.4, -0.2) is 0 Å². The summed E-state index contributed by atoms with van der Waals surface area (Å²) >= 11 is -0.106. The van der Waals surface area contributed by atoms with Gasteiger partial charge in [0, 0.05) is 0 Å². The second-order valence-electron chi connectivity index (χ2n) is 12.0. The number of benzene rings is 6. The van der Waals surface area contributed by atoms with Gasteiger partial charge in [-0.05, 0) is 114 Å². The van der Waals surface area contributed by atoms with E-state index in [1.54, 1.807) is 0 Å². The topological polar surface area (TPSA) is 0 Å². The average molecular weight is 788 g/mol. The van der Waals surface area contributed by atoms with Gasteiger partial charge in [0.15, 0.2) is 0 Å². The minimum absolute atomic E-state index is 0.106. The maximum atomic E-state index is 4.81. The third kappa shape index (κ3) is 11.2. The molecule has 0 saturated heterocycles. The molecular weight excluding hydrogens is 744 g/mol. The van der Waals surface area contributed by atoms with Crippen LogP contribution in [0.4, 0.5) is 0 Å². The zero-order chi connectivity index (χ0) is 33.8. The van der Waals surface area contributed by atoms with E-state index in [2.05, 4.69) is 187 Å². The summed E-state index contributed by atoms with van der Waals surface area (Å²) in [6.45, 7) is 12.9. The number of hydrogen-bond donors (Lipinski definition) is 0. The summed E-state index contributed by atoms with van der Waals surface area (Å²) in [5.41, 5.74) is 7.91. The fraction of sp³-hybridized carbons (Fsp3) is 0.143. The van der Waals surface area contributed by atoms with Crippen molar-refractivity contribution in [3.05, 3.63) is 179 Å². The summed E-state index contributed by atoms with van der Waals surface area (Å²) in [5, 5.41) is 8.69. The van der Waals surface area contributed by atoms with Crippen LogP contribution in [0.2, 0.25) is 0 Å². The van der Waals surface area contributed by atoms with E-state index in [-0.39, 0.29) is 15.9 Å². The molecule has 47 heavy (non-hydrogen) atoms. The van der Waals surface area contributed by atoms with Gasteiger partial charge in [-0.3, -0.25) is 0 Å². The second kappa shape index (κ2) is 18.8. The molecule has 6 aromatic rings. The van der Waals surface area contributed by atoms with Gasteiger partial charge in [-0.2, -0.15) is 0 Å². The molecule has 0 fully saturated rings. The Morgan fingerprint density at radius 3 is 0.489 bits per heavy atom. The molecule has 0 heterocycles. The van der Waals surface area contributed by atoms with Gasteiger partial charge in [-0.15, -0.1) is 0 Å². The maximum absolute atomic E-state index is 4.81. The van der Waals surface area contributed by atoms with E-state index in [0.717, 1.165) is 0 Å².